The number of fused-ring (bicyclic) bond motifs is 1. The fourth-order valence-electron chi connectivity index (χ4n) is 4.86. The third kappa shape index (κ3) is 5.73. The Morgan fingerprint density at radius 1 is 1.21 bits per heavy atom. The number of nitro benzene ring substituents is 1. The molecule has 3 heterocycles. The summed E-state index contributed by atoms with van der Waals surface area (Å²) in [6.45, 7) is 7.38. The summed E-state index contributed by atoms with van der Waals surface area (Å²) in [5.41, 5.74) is 0.992. The van der Waals surface area contributed by atoms with E-state index in [0.29, 0.717) is 37.9 Å². The van der Waals surface area contributed by atoms with Gasteiger partial charge in [-0.15, -0.1) is 0 Å². The number of hydrogen-bond acceptors (Lipinski definition) is 10. The van der Waals surface area contributed by atoms with Gasteiger partial charge in [0.2, 0.25) is 0 Å². The first-order valence-electron chi connectivity index (χ1n) is 13.5. The Balaban J connectivity index is 1.65. The second kappa shape index (κ2) is 12.1. The van der Waals surface area contributed by atoms with Gasteiger partial charge >= 0.3 is 5.97 Å². The Bertz CT molecular complexity index is 1930. The molecule has 1 atom stereocenters. The first-order chi connectivity index (χ1) is 20.6. The first-order valence-corrected chi connectivity index (χ1v) is 14.3. The van der Waals surface area contributed by atoms with E-state index in [-0.39, 0.29) is 35.3 Å². The van der Waals surface area contributed by atoms with Crippen LogP contribution in [-0.2, 0) is 9.53 Å². The molecule has 0 radical (unpaired) electrons. The zero-order valence-electron chi connectivity index (χ0n) is 24.2. The number of carbonyl (C=O) groups is 1. The summed E-state index contributed by atoms with van der Waals surface area (Å²) in [5.74, 6) is 0.874. The average Bonchev–Trinajstić information content (AvgIpc) is 3.56. The van der Waals surface area contributed by atoms with Crippen LogP contribution in [0.1, 0.15) is 45.1 Å². The molecule has 0 unspecified atom stereocenters. The van der Waals surface area contributed by atoms with E-state index in [1.807, 2.05) is 32.0 Å². The lowest BCUT2D eigenvalue weighted by Gasteiger charge is -2.26. The molecule has 11 nitrogen and oxygen atoms in total. The Morgan fingerprint density at radius 2 is 1.98 bits per heavy atom. The number of esters is 1. The number of rotatable bonds is 9. The molecule has 0 spiro atoms. The molecule has 0 amide bonds. The Kier molecular flexibility index (Phi) is 8.31. The van der Waals surface area contributed by atoms with Crippen molar-refractivity contribution in [2.24, 2.45) is 4.99 Å². The number of nitrogens with zero attached hydrogens (tertiary/aromatic N) is 3. The van der Waals surface area contributed by atoms with E-state index < -0.39 is 22.5 Å². The Labute approximate surface area is 250 Å². The monoisotopic (exact) mass is 603 g/mol. The molecule has 0 fully saturated rings. The van der Waals surface area contributed by atoms with E-state index in [4.69, 9.17) is 18.6 Å². The molecule has 2 aromatic carbocycles. The van der Waals surface area contributed by atoms with Gasteiger partial charge in [0, 0.05) is 11.6 Å². The van der Waals surface area contributed by atoms with E-state index in [9.17, 15) is 19.7 Å². The Morgan fingerprint density at radius 3 is 2.67 bits per heavy atom. The van der Waals surface area contributed by atoms with E-state index in [1.165, 1.54) is 17.7 Å². The molecule has 222 valence electrons. The number of aromatic nitrogens is 1. The van der Waals surface area contributed by atoms with Gasteiger partial charge in [-0.3, -0.25) is 19.5 Å². The van der Waals surface area contributed by atoms with Crippen LogP contribution in [0.3, 0.4) is 0 Å². The number of para-hydroxylation sites is 1. The van der Waals surface area contributed by atoms with Crippen LogP contribution in [0.15, 0.2) is 80.1 Å². The fraction of sp³-hybridized carbons (Fsp3) is 0.258. The minimum Gasteiger partial charge on any atom is -0.497 e. The van der Waals surface area contributed by atoms with Gasteiger partial charge in [-0.25, -0.2) is 9.79 Å². The van der Waals surface area contributed by atoms with E-state index in [1.54, 1.807) is 50.3 Å². The van der Waals surface area contributed by atoms with Crippen LogP contribution >= 0.6 is 11.3 Å². The predicted molar refractivity (Wildman–Crippen MR) is 160 cm³/mol. The number of furan rings is 1. The van der Waals surface area contributed by atoms with Gasteiger partial charge in [-0.1, -0.05) is 29.5 Å². The van der Waals surface area contributed by atoms with Crippen molar-refractivity contribution in [1.29, 1.82) is 0 Å². The number of hydrogen-bond donors (Lipinski definition) is 0. The molecular formula is C31H29N3O8S. The summed E-state index contributed by atoms with van der Waals surface area (Å²) in [6, 6.07) is 14.1. The minimum absolute atomic E-state index is 0.150. The highest BCUT2D eigenvalue weighted by molar-refractivity contribution is 7.07. The second-order valence-electron chi connectivity index (χ2n) is 9.85. The molecule has 2 aromatic heterocycles. The molecule has 12 heteroatoms. The second-order valence-corrected chi connectivity index (χ2v) is 10.9. The molecule has 5 rings (SSSR count). The number of benzene rings is 2. The molecule has 0 N–H and O–H groups in total. The van der Waals surface area contributed by atoms with Crippen molar-refractivity contribution in [3.8, 4) is 22.8 Å². The van der Waals surface area contributed by atoms with Gasteiger partial charge in [-0.2, -0.15) is 0 Å². The number of allylic oxidation sites excluding steroid dienone is 1. The normalized spacial score (nSPS) is 14.8. The summed E-state index contributed by atoms with van der Waals surface area (Å²) >= 11 is 1.14. The maximum atomic E-state index is 14.0. The summed E-state index contributed by atoms with van der Waals surface area (Å²) in [4.78, 5) is 43.4. The van der Waals surface area contributed by atoms with Crippen molar-refractivity contribution in [2.75, 3.05) is 13.7 Å². The first kappa shape index (κ1) is 29.5. The van der Waals surface area contributed by atoms with Gasteiger partial charge in [0.15, 0.2) is 4.80 Å². The van der Waals surface area contributed by atoms with Crippen molar-refractivity contribution < 1.29 is 28.3 Å². The molecule has 0 saturated heterocycles. The Hall–Kier alpha value is -4.97. The van der Waals surface area contributed by atoms with Crippen molar-refractivity contribution >= 4 is 29.1 Å². The summed E-state index contributed by atoms with van der Waals surface area (Å²) in [7, 11) is 1.43. The summed E-state index contributed by atoms with van der Waals surface area (Å²) < 4.78 is 24.3. The highest BCUT2D eigenvalue weighted by atomic mass is 32.1. The smallest absolute Gasteiger partial charge is 0.338 e. The quantitative estimate of drug-likeness (QED) is 0.152. The van der Waals surface area contributed by atoms with Crippen molar-refractivity contribution in [2.45, 2.75) is 39.8 Å². The highest BCUT2D eigenvalue weighted by Crippen LogP contribution is 2.37. The van der Waals surface area contributed by atoms with Crippen LogP contribution in [-0.4, -0.2) is 35.3 Å². The van der Waals surface area contributed by atoms with Crippen molar-refractivity contribution in [3.63, 3.8) is 0 Å². The van der Waals surface area contributed by atoms with Crippen LogP contribution < -0.4 is 24.4 Å². The molecule has 43 heavy (non-hydrogen) atoms. The van der Waals surface area contributed by atoms with Gasteiger partial charge in [0.1, 0.15) is 29.1 Å². The lowest BCUT2D eigenvalue weighted by atomic mass is 9.95. The van der Waals surface area contributed by atoms with Gasteiger partial charge in [0.25, 0.3) is 11.2 Å². The number of nitro groups is 1. The van der Waals surface area contributed by atoms with Crippen LogP contribution in [0, 0.1) is 10.1 Å². The standard InChI is InChI=1S/C31H29N3O8S/c1-6-40-30(36)27-18(4)32-31-33(28(27)22-9-7-8-10-24(22)41-17(2)3)29(35)26(43-31)16-20-12-14-25(42-20)21-13-11-19(39-5)15-23(21)34(37)38/h7-17,28H,6H2,1-5H3/b26-16-/t28-/m1/s1. The van der Waals surface area contributed by atoms with Crippen LogP contribution in [0.25, 0.3) is 17.4 Å². The van der Waals surface area contributed by atoms with Gasteiger partial charge in [0.05, 0.1) is 52.2 Å². The molecular weight excluding hydrogens is 574 g/mol. The van der Waals surface area contributed by atoms with Gasteiger partial charge < -0.3 is 18.6 Å². The number of ether oxygens (including phenoxy) is 3. The van der Waals surface area contributed by atoms with Crippen LogP contribution in [0.4, 0.5) is 5.69 Å². The summed E-state index contributed by atoms with van der Waals surface area (Å²) in [6.07, 6.45) is 1.41. The minimum atomic E-state index is -0.846. The molecule has 0 aliphatic carbocycles. The maximum absolute atomic E-state index is 14.0. The third-order valence-electron chi connectivity index (χ3n) is 6.66. The lowest BCUT2D eigenvalue weighted by molar-refractivity contribution is -0.384. The predicted octanol–water partition coefficient (Wildman–Crippen LogP) is 4.76. The lowest BCUT2D eigenvalue weighted by Crippen LogP contribution is -2.40. The number of methoxy groups -OCH3 is 1. The van der Waals surface area contributed by atoms with Crippen LogP contribution in [0.2, 0.25) is 0 Å². The largest absolute Gasteiger partial charge is 0.497 e. The third-order valence-corrected chi connectivity index (χ3v) is 7.64. The SMILES string of the molecule is CCOC(=O)C1=C(C)N=c2s/c(=C\c3ccc(-c4ccc(OC)cc4[N+](=O)[O-])o3)c(=O)n2[C@@H]1c1ccccc1OC(C)C. The van der Waals surface area contributed by atoms with Crippen molar-refractivity contribution in [1.82, 2.24) is 4.57 Å². The highest BCUT2D eigenvalue weighted by Gasteiger charge is 2.35. The topological polar surface area (TPSA) is 135 Å². The zero-order chi connectivity index (χ0) is 30.8. The van der Waals surface area contributed by atoms with E-state index >= 15 is 0 Å². The molecule has 1 aliphatic rings. The van der Waals surface area contributed by atoms with Crippen molar-refractivity contribution in [3.05, 3.63) is 107 Å². The number of carbonyl (C=O) groups excluding carboxylic acids is 1. The zero-order valence-corrected chi connectivity index (χ0v) is 25.0. The van der Waals surface area contributed by atoms with Crippen LogP contribution in [0.5, 0.6) is 11.5 Å². The molecule has 4 aromatic rings. The van der Waals surface area contributed by atoms with E-state index in [0.717, 1.165) is 11.3 Å². The average molecular weight is 604 g/mol. The summed E-state index contributed by atoms with van der Waals surface area (Å²) in [5, 5.41) is 11.7. The fourth-order valence-corrected chi connectivity index (χ4v) is 5.88. The molecule has 1 aliphatic heterocycles. The van der Waals surface area contributed by atoms with E-state index in [2.05, 4.69) is 4.99 Å². The molecule has 0 saturated carbocycles. The number of thiazole rings is 1. The van der Waals surface area contributed by atoms with Gasteiger partial charge in [-0.05, 0) is 58.0 Å². The maximum Gasteiger partial charge on any atom is 0.338 e. The molecule has 0 bridgehead atoms.